The van der Waals surface area contributed by atoms with Gasteiger partial charge in [-0.1, -0.05) is 42.5 Å². The van der Waals surface area contributed by atoms with Crippen LogP contribution in [-0.4, -0.2) is 17.0 Å². The number of fused-ring (bicyclic) bond motifs is 1. The minimum Gasteiger partial charge on any atom is -0.478 e. The van der Waals surface area contributed by atoms with Gasteiger partial charge >= 0.3 is 5.97 Å². The summed E-state index contributed by atoms with van der Waals surface area (Å²) in [6.45, 7) is 1.78. The summed E-state index contributed by atoms with van der Waals surface area (Å²) in [4.78, 5) is 23.3. The lowest BCUT2D eigenvalue weighted by Crippen LogP contribution is -2.15. The van der Waals surface area contributed by atoms with Gasteiger partial charge < -0.3 is 10.4 Å². The van der Waals surface area contributed by atoms with Crippen LogP contribution in [0.5, 0.6) is 0 Å². The third-order valence-corrected chi connectivity index (χ3v) is 3.98. The second-order valence-electron chi connectivity index (χ2n) is 5.70. The summed E-state index contributed by atoms with van der Waals surface area (Å²) >= 11 is 0. The van der Waals surface area contributed by atoms with Crippen molar-refractivity contribution in [3.05, 3.63) is 77.4 Å². The highest BCUT2D eigenvalue weighted by Crippen LogP contribution is 2.21. The molecule has 3 rings (SSSR count). The normalized spacial score (nSPS) is 10.5. The summed E-state index contributed by atoms with van der Waals surface area (Å²) in [5.74, 6) is -1.11. The number of carboxylic acids is 1. The summed E-state index contributed by atoms with van der Waals surface area (Å²) < 4.78 is 0. The monoisotopic (exact) mass is 319 g/mol. The standard InChI is InChI=1S/C20H17NO3/c1-13-11-16(20(23)24)9-10-18(13)21-19(22)12-15-7-4-6-14-5-2-3-8-17(14)15/h2-11H,12H2,1H3,(H,21,22)(H,23,24). The number of aromatic carboxylic acids is 1. The maximum atomic E-state index is 12.4. The van der Waals surface area contributed by atoms with Crippen LogP contribution in [0.15, 0.2) is 60.7 Å². The number of amides is 1. The molecule has 0 aliphatic heterocycles. The Balaban J connectivity index is 1.79. The Bertz CT molecular complexity index is 926. The summed E-state index contributed by atoms with van der Waals surface area (Å²) in [7, 11) is 0. The highest BCUT2D eigenvalue weighted by Gasteiger charge is 2.10. The Morgan fingerprint density at radius 3 is 2.50 bits per heavy atom. The molecule has 0 fully saturated rings. The highest BCUT2D eigenvalue weighted by molar-refractivity contribution is 5.97. The average molecular weight is 319 g/mol. The number of carbonyl (C=O) groups excluding carboxylic acids is 1. The van der Waals surface area contributed by atoms with Gasteiger partial charge in [0.2, 0.25) is 5.91 Å². The van der Waals surface area contributed by atoms with Gasteiger partial charge in [-0.15, -0.1) is 0 Å². The molecule has 0 radical (unpaired) electrons. The molecule has 0 unspecified atom stereocenters. The minimum absolute atomic E-state index is 0.127. The largest absolute Gasteiger partial charge is 0.478 e. The molecule has 0 heterocycles. The van der Waals surface area contributed by atoms with Crippen molar-refractivity contribution in [1.82, 2.24) is 0 Å². The highest BCUT2D eigenvalue weighted by atomic mass is 16.4. The van der Waals surface area contributed by atoms with Gasteiger partial charge in [-0.25, -0.2) is 4.79 Å². The molecule has 0 atom stereocenters. The number of rotatable bonds is 4. The van der Waals surface area contributed by atoms with E-state index in [0.29, 0.717) is 5.69 Å². The fourth-order valence-electron chi connectivity index (χ4n) is 2.75. The Morgan fingerprint density at radius 1 is 1.00 bits per heavy atom. The van der Waals surface area contributed by atoms with E-state index < -0.39 is 5.97 Å². The van der Waals surface area contributed by atoms with E-state index in [-0.39, 0.29) is 17.9 Å². The molecule has 3 aromatic rings. The van der Waals surface area contributed by atoms with E-state index in [1.165, 1.54) is 6.07 Å². The Hall–Kier alpha value is -3.14. The number of hydrogen-bond acceptors (Lipinski definition) is 2. The Labute approximate surface area is 139 Å². The maximum absolute atomic E-state index is 12.4. The Kier molecular flexibility index (Phi) is 4.29. The smallest absolute Gasteiger partial charge is 0.335 e. The fraction of sp³-hybridized carbons (Fsp3) is 0.100. The molecule has 120 valence electrons. The van der Waals surface area contributed by atoms with Crippen molar-refractivity contribution in [1.29, 1.82) is 0 Å². The molecular formula is C20H17NO3. The quantitative estimate of drug-likeness (QED) is 0.763. The van der Waals surface area contributed by atoms with Crippen LogP contribution in [0.3, 0.4) is 0 Å². The van der Waals surface area contributed by atoms with E-state index in [1.54, 1.807) is 19.1 Å². The van der Waals surface area contributed by atoms with Gasteiger partial charge in [0, 0.05) is 5.69 Å². The molecular weight excluding hydrogens is 302 g/mol. The lowest BCUT2D eigenvalue weighted by atomic mass is 10.0. The first-order valence-corrected chi connectivity index (χ1v) is 7.65. The number of carbonyl (C=O) groups is 2. The number of anilines is 1. The molecule has 0 saturated heterocycles. The van der Waals surface area contributed by atoms with Gasteiger partial charge in [0.1, 0.15) is 0 Å². The van der Waals surface area contributed by atoms with E-state index in [1.807, 2.05) is 42.5 Å². The molecule has 24 heavy (non-hydrogen) atoms. The number of carboxylic acid groups (broad SMARTS) is 1. The third-order valence-electron chi connectivity index (χ3n) is 3.98. The summed E-state index contributed by atoms with van der Waals surface area (Å²) in [5, 5.41) is 14.0. The molecule has 0 aliphatic rings. The second-order valence-corrected chi connectivity index (χ2v) is 5.70. The third kappa shape index (κ3) is 3.27. The predicted octanol–water partition coefficient (Wildman–Crippen LogP) is 4.03. The zero-order valence-corrected chi connectivity index (χ0v) is 13.2. The molecule has 1 amide bonds. The molecule has 4 heteroatoms. The zero-order valence-electron chi connectivity index (χ0n) is 13.2. The van der Waals surface area contributed by atoms with Crippen LogP contribution >= 0.6 is 0 Å². The molecule has 0 bridgehead atoms. The van der Waals surface area contributed by atoms with Gasteiger partial charge in [0.15, 0.2) is 0 Å². The zero-order chi connectivity index (χ0) is 17.1. The van der Waals surface area contributed by atoms with Crippen LogP contribution in [0.1, 0.15) is 21.5 Å². The second kappa shape index (κ2) is 6.54. The molecule has 0 aromatic heterocycles. The summed E-state index contributed by atoms with van der Waals surface area (Å²) in [6, 6.07) is 18.5. The predicted molar refractivity (Wildman–Crippen MR) is 94.4 cm³/mol. The molecule has 4 nitrogen and oxygen atoms in total. The van der Waals surface area contributed by atoms with Crippen molar-refractivity contribution < 1.29 is 14.7 Å². The first kappa shape index (κ1) is 15.7. The average Bonchev–Trinajstić information content (AvgIpc) is 2.57. The number of nitrogens with one attached hydrogen (secondary N) is 1. The maximum Gasteiger partial charge on any atom is 0.335 e. The number of hydrogen-bond donors (Lipinski definition) is 2. The van der Waals surface area contributed by atoms with E-state index >= 15 is 0 Å². The molecule has 2 N–H and O–H groups in total. The van der Waals surface area contributed by atoms with Gasteiger partial charge in [-0.2, -0.15) is 0 Å². The summed E-state index contributed by atoms with van der Waals surface area (Å²) in [6.07, 6.45) is 0.265. The topological polar surface area (TPSA) is 66.4 Å². The fourth-order valence-corrected chi connectivity index (χ4v) is 2.75. The number of benzene rings is 3. The molecule has 0 aliphatic carbocycles. The van der Waals surface area contributed by atoms with Gasteiger partial charge in [-0.05, 0) is 47.0 Å². The van der Waals surface area contributed by atoms with Crippen LogP contribution in [0, 0.1) is 6.92 Å². The molecule has 3 aromatic carbocycles. The molecule has 0 spiro atoms. The van der Waals surface area contributed by atoms with Crippen molar-refractivity contribution in [3.8, 4) is 0 Å². The van der Waals surface area contributed by atoms with Crippen LogP contribution in [0.25, 0.3) is 10.8 Å². The van der Waals surface area contributed by atoms with E-state index in [4.69, 9.17) is 5.11 Å². The lowest BCUT2D eigenvalue weighted by Gasteiger charge is -2.10. The lowest BCUT2D eigenvalue weighted by molar-refractivity contribution is -0.115. The van der Waals surface area contributed by atoms with Crippen molar-refractivity contribution in [2.24, 2.45) is 0 Å². The SMILES string of the molecule is Cc1cc(C(=O)O)ccc1NC(=O)Cc1cccc2ccccc12. The van der Waals surface area contributed by atoms with Gasteiger partial charge in [0.05, 0.1) is 12.0 Å². The van der Waals surface area contributed by atoms with E-state index in [9.17, 15) is 9.59 Å². The Morgan fingerprint density at radius 2 is 1.75 bits per heavy atom. The van der Waals surface area contributed by atoms with Gasteiger partial charge in [-0.3, -0.25) is 4.79 Å². The van der Waals surface area contributed by atoms with Crippen molar-refractivity contribution >= 4 is 28.3 Å². The van der Waals surface area contributed by atoms with Crippen molar-refractivity contribution in [3.63, 3.8) is 0 Å². The van der Waals surface area contributed by atoms with Crippen LogP contribution in [-0.2, 0) is 11.2 Å². The summed E-state index contributed by atoms with van der Waals surface area (Å²) in [5.41, 5.74) is 2.52. The molecule has 0 saturated carbocycles. The van der Waals surface area contributed by atoms with Crippen molar-refractivity contribution in [2.75, 3.05) is 5.32 Å². The van der Waals surface area contributed by atoms with Crippen LogP contribution < -0.4 is 5.32 Å². The van der Waals surface area contributed by atoms with Crippen LogP contribution in [0.2, 0.25) is 0 Å². The first-order valence-electron chi connectivity index (χ1n) is 7.65. The van der Waals surface area contributed by atoms with Gasteiger partial charge in [0.25, 0.3) is 0 Å². The van der Waals surface area contributed by atoms with Crippen LogP contribution in [0.4, 0.5) is 5.69 Å². The van der Waals surface area contributed by atoms with E-state index in [0.717, 1.165) is 21.9 Å². The number of aryl methyl sites for hydroxylation is 1. The first-order chi connectivity index (χ1) is 11.5. The van der Waals surface area contributed by atoms with E-state index in [2.05, 4.69) is 5.32 Å². The van der Waals surface area contributed by atoms with Crippen molar-refractivity contribution in [2.45, 2.75) is 13.3 Å². The minimum atomic E-state index is -0.980.